The number of carbonyl (C=O) groups excluding carboxylic acids is 1. The molecule has 6 heteroatoms. The fraction of sp³-hybridized carbons (Fsp3) is 0.933. The number of amides is 1. The van der Waals surface area contributed by atoms with Gasteiger partial charge in [0.05, 0.1) is 5.54 Å². The minimum atomic E-state index is -0.577. The zero-order valence-electron chi connectivity index (χ0n) is 13.5. The number of nitrogens with zero attached hydrogens (tertiary/aromatic N) is 1. The molecule has 0 atom stereocenters. The lowest BCUT2D eigenvalue weighted by Crippen LogP contribution is -2.52. The van der Waals surface area contributed by atoms with Gasteiger partial charge in [-0.15, -0.1) is 24.8 Å². The van der Waals surface area contributed by atoms with Gasteiger partial charge in [-0.25, -0.2) is 0 Å². The lowest BCUT2D eigenvalue weighted by atomic mass is 9.98. The van der Waals surface area contributed by atoms with Crippen LogP contribution in [0.15, 0.2) is 0 Å². The maximum absolute atomic E-state index is 12.0. The molecule has 0 saturated heterocycles. The molecule has 0 aliphatic heterocycles. The van der Waals surface area contributed by atoms with Crippen LogP contribution in [0.5, 0.6) is 0 Å². The summed E-state index contributed by atoms with van der Waals surface area (Å²) in [6, 6.07) is 0. The van der Waals surface area contributed by atoms with Crippen molar-refractivity contribution in [3.8, 4) is 0 Å². The zero-order chi connectivity index (χ0) is 14.1. The molecule has 4 nitrogen and oxygen atoms in total. The standard InChI is InChI=1S/C15H31N3O.2ClH/c1-3-11-18(12-4-2)13-7-10-17-14(19)15(16)8-5-6-9-15;;/h3-13,16H2,1-2H3,(H,17,19);2*1H. The van der Waals surface area contributed by atoms with E-state index in [1.807, 2.05) is 0 Å². The van der Waals surface area contributed by atoms with Crippen molar-refractivity contribution in [2.45, 2.75) is 64.3 Å². The van der Waals surface area contributed by atoms with Crippen molar-refractivity contribution in [2.24, 2.45) is 5.73 Å². The summed E-state index contributed by atoms with van der Waals surface area (Å²) in [6.07, 6.45) is 7.26. The van der Waals surface area contributed by atoms with Crippen LogP contribution < -0.4 is 11.1 Å². The predicted octanol–water partition coefficient (Wildman–Crippen LogP) is 2.73. The second kappa shape index (κ2) is 12.5. The molecule has 0 aromatic carbocycles. The van der Waals surface area contributed by atoms with Crippen molar-refractivity contribution in [1.29, 1.82) is 0 Å². The molecule has 3 N–H and O–H groups in total. The van der Waals surface area contributed by atoms with E-state index in [9.17, 15) is 4.79 Å². The van der Waals surface area contributed by atoms with Crippen LogP contribution in [0.1, 0.15) is 58.8 Å². The van der Waals surface area contributed by atoms with E-state index in [1.165, 1.54) is 12.8 Å². The van der Waals surface area contributed by atoms with Crippen molar-refractivity contribution in [1.82, 2.24) is 10.2 Å². The summed E-state index contributed by atoms with van der Waals surface area (Å²) in [5.41, 5.74) is 5.54. The van der Waals surface area contributed by atoms with Crippen molar-refractivity contribution in [3.05, 3.63) is 0 Å². The van der Waals surface area contributed by atoms with Crippen LogP contribution in [0.2, 0.25) is 0 Å². The number of rotatable bonds is 9. The molecule has 0 aromatic heterocycles. The van der Waals surface area contributed by atoms with Crippen molar-refractivity contribution in [2.75, 3.05) is 26.2 Å². The van der Waals surface area contributed by atoms with E-state index in [-0.39, 0.29) is 30.7 Å². The van der Waals surface area contributed by atoms with Gasteiger partial charge in [0.25, 0.3) is 0 Å². The Morgan fingerprint density at radius 1 is 1.10 bits per heavy atom. The number of hydrogen-bond acceptors (Lipinski definition) is 3. The Morgan fingerprint density at radius 2 is 1.62 bits per heavy atom. The topological polar surface area (TPSA) is 58.4 Å². The summed E-state index contributed by atoms with van der Waals surface area (Å²) >= 11 is 0. The molecule has 0 heterocycles. The van der Waals surface area contributed by atoms with Gasteiger partial charge >= 0.3 is 0 Å². The molecule has 0 unspecified atom stereocenters. The van der Waals surface area contributed by atoms with Crippen LogP contribution in [0.4, 0.5) is 0 Å². The van der Waals surface area contributed by atoms with Gasteiger partial charge in [0.15, 0.2) is 0 Å². The van der Waals surface area contributed by atoms with Crippen molar-refractivity contribution < 1.29 is 4.79 Å². The van der Waals surface area contributed by atoms with Crippen LogP contribution in [0.25, 0.3) is 0 Å². The maximum Gasteiger partial charge on any atom is 0.240 e. The third-order valence-electron chi connectivity index (χ3n) is 3.96. The van der Waals surface area contributed by atoms with Crippen molar-refractivity contribution in [3.63, 3.8) is 0 Å². The number of nitrogens with one attached hydrogen (secondary N) is 1. The van der Waals surface area contributed by atoms with Crippen LogP contribution in [0, 0.1) is 0 Å². The van der Waals surface area contributed by atoms with Crippen LogP contribution in [-0.4, -0.2) is 42.5 Å². The summed E-state index contributed by atoms with van der Waals surface area (Å²) < 4.78 is 0. The fourth-order valence-corrected chi connectivity index (χ4v) is 2.88. The van der Waals surface area contributed by atoms with Gasteiger partial charge < -0.3 is 16.0 Å². The second-order valence-electron chi connectivity index (χ2n) is 5.81. The fourth-order valence-electron chi connectivity index (χ4n) is 2.88. The Morgan fingerprint density at radius 3 is 2.10 bits per heavy atom. The molecule has 0 aromatic rings. The number of nitrogens with two attached hydrogens (primary N) is 1. The lowest BCUT2D eigenvalue weighted by molar-refractivity contribution is -0.126. The first kappa shape index (κ1) is 23.2. The Hall–Kier alpha value is -0.0300. The zero-order valence-corrected chi connectivity index (χ0v) is 15.2. The molecule has 1 aliphatic rings. The molecule has 0 bridgehead atoms. The maximum atomic E-state index is 12.0. The average Bonchev–Trinajstić information content (AvgIpc) is 2.83. The van der Waals surface area contributed by atoms with Gasteiger partial charge in [-0.3, -0.25) is 4.79 Å². The van der Waals surface area contributed by atoms with Gasteiger partial charge in [-0.05, 0) is 51.7 Å². The normalized spacial score (nSPS) is 16.2. The number of halogens is 2. The first-order valence-electron chi connectivity index (χ1n) is 7.92. The molecule has 1 saturated carbocycles. The van der Waals surface area contributed by atoms with Gasteiger partial charge in [0.1, 0.15) is 0 Å². The third kappa shape index (κ3) is 8.24. The highest BCUT2D eigenvalue weighted by Gasteiger charge is 2.36. The van der Waals surface area contributed by atoms with Crippen LogP contribution in [0.3, 0.4) is 0 Å². The molecule has 128 valence electrons. The van der Waals surface area contributed by atoms with Gasteiger partial charge in [-0.1, -0.05) is 26.7 Å². The van der Waals surface area contributed by atoms with Crippen LogP contribution >= 0.6 is 24.8 Å². The molecule has 1 aliphatic carbocycles. The minimum absolute atomic E-state index is 0. The third-order valence-corrected chi connectivity index (χ3v) is 3.96. The molecular formula is C15H33Cl2N3O. The SMILES string of the molecule is CCCN(CCC)CCCNC(=O)C1(N)CCCC1.Cl.Cl. The monoisotopic (exact) mass is 341 g/mol. The van der Waals surface area contributed by atoms with Crippen molar-refractivity contribution >= 4 is 30.7 Å². The highest BCUT2D eigenvalue weighted by molar-refractivity contribution is 5.86. The quantitative estimate of drug-likeness (QED) is 0.634. The molecule has 21 heavy (non-hydrogen) atoms. The first-order valence-corrected chi connectivity index (χ1v) is 7.92. The van der Waals surface area contributed by atoms with Crippen LogP contribution in [-0.2, 0) is 4.79 Å². The van der Waals surface area contributed by atoms with Gasteiger partial charge in [-0.2, -0.15) is 0 Å². The second-order valence-corrected chi connectivity index (χ2v) is 5.81. The Bertz CT molecular complexity index is 266. The molecular weight excluding hydrogens is 309 g/mol. The van der Waals surface area contributed by atoms with E-state index in [4.69, 9.17) is 5.73 Å². The van der Waals surface area contributed by atoms with E-state index >= 15 is 0 Å². The summed E-state index contributed by atoms with van der Waals surface area (Å²) in [5, 5.41) is 3.01. The molecule has 1 fully saturated rings. The largest absolute Gasteiger partial charge is 0.354 e. The van der Waals surface area contributed by atoms with Gasteiger partial charge in [0, 0.05) is 6.54 Å². The summed E-state index contributed by atoms with van der Waals surface area (Å²) in [5.74, 6) is 0.0579. The molecule has 1 rings (SSSR count). The minimum Gasteiger partial charge on any atom is -0.354 e. The highest BCUT2D eigenvalue weighted by atomic mass is 35.5. The average molecular weight is 342 g/mol. The van der Waals surface area contributed by atoms with E-state index in [2.05, 4.69) is 24.1 Å². The van der Waals surface area contributed by atoms with E-state index in [1.54, 1.807) is 0 Å². The Labute approximate surface area is 142 Å². The summed E-state index contributed by atoms with van der Waals surface area (Å²) in [4.78, 5) is 14.5. The molecule has 0 radical (unpaired) electrons. The van der Waals surface area contributed by atoms with Gasteiger partial charge in [0.2, 0.25) is 5.91 Å². The Balaban J connectivity index is 0. The Kier molecular flexibility index (Phi) is 13.8. The summed E-state index contributed by atoms with van der Waals surface area (Å²) in [6.45, 7) is 8.55. The predicted molar refractivity (Wildman–Crippen MR) is 94.5 cm³/mol. The summed E-state index contributed by atoms with van der Waals surface area (Å²) in [7, 11) is 0. The van der Waals surface area contributed by atoms with E-state index in [0.29, 0.717) is 0 Å². The first-order chi connectivity index (χ1) is 9.12. The van der Waals surface area contributed by atoms with E-state index < -0.39 is 5.54 Å². The smallest absolute Gasteiger partial charge is 0.240 e. The number of hydrogen-bond donors (Lipinski definition) is 2. The number of carbonyl (C=O) groups is 1. The molecule has 0 spiro atoms. The van der Waals surface area contributed by atoms with E-state index in [0.717, 1.165) is 58.3 Å². The lowest BCUT2D eigenvalue weighted by Gasteiger charge is -2.24. The molecule has 1 amide bonds. The highest BCUT2D eigenvalue weighted by Crippen LogP contribution is 2.27.